The zero-order chi connectivity index (χ0) is 25.5. The molecule has 0 aliphatic heterocycles. The molecule has 0 amide bonds. The van der Waals surface area contributed by atoms with Crippen LogP contribution in [0.5, 0.6) is 5.75 Å². The van der Waals surface area contributed by atoms with Gasteiger partial charge in [-0.3, -0.25) is 4.79 Å². The van der Waals surface area contributed by atoms with Gasteiger partial charge in [-0.15, -0.1) is 11.3 Å². The van der Waals surface area contributed by atoms with Gasteiger partial charge in [0.15, 0.2) is 0 Å². The minimum atomic E-state index is -4.55. The molecular weight excluding hydrogens is 527 g/mol. The number of benzene rings is 2. The molecule has 0 aliphatic rings. The molecule has 6 nitrogen and oxygen atoms in total. The number of aliphatic carboxylic acids is 1. The number of carboxylic acid groups (broad SMARTS) is 1. The molecular formula is C23H17ClF3NO5S2. The van der Waals surface area contributed by atoms with E-state index in [9.17, 15) is 26.4 Å². The molecule has 0 aliphatic carbocycles. The third-order valence-electron chi connectivity index (χ3n) is 5.32. The molecule has 0 bridgehead atoms. The maximum absolute atomic E-state index is 13.5. The van der Waals surface area contributed by atoms with Gasteiger partial charge in [-0.2, -0.15) is 21.6 Å². The molecule has 0 saturated heterocycles. The quantitative estimate of drug-likeness (QED) is 0.295. The molecule has 2 aromatic heterocycles. The zero-order valence-corrected chi connectivity index (χ0v) is 20.4. The van der Waals surface area contributed by atoms with E-state index in [1.54, 1.807) is 18.2 Å². The fraction of sp³-hybridized carbons (Fsp3) is 0.174. The summed E-state index contributed by atoms with van der Waals surface area (Å²) < 4.78 is 72.1. The van der Waals surface area contributed by atoms with Gasteiger partial charge in [-0.1, -0.05) is 17.7 Å². The highest BCUT2D eigenvalue weighted by Crippen LogP contribution is 2.40. The third-order valence-corrected chi connectivity index (χ3v) is 8.90. The van der Waals surface area contributed by atoms with Crippen LogP contribution in [0, 0.1) is 0 Å². The predicted molar refractivity (Wildman–Crippen MR) is 127 cm³/mol. The number of carboxylic acids is 1. The van der Waals surface area contributed by atoms with Crippen molar-refractivity contribution in [3.05, 3.63) is 70.9 Å². The van der Waals surface area contributed by atoms with Crippen molar-refractivity contribution in [2.24, 2.45) is 0 Å². The van der Waals surface area contributed by atoms with Gasteiger partial charge in [0.1, 0.15) is 9.96 Å². The highest BCUT2D eigenvalue weighted by atomic mass is 35.5. The lowest BCUT2D eigenvalue weighted by Gasteiger charge is -2.09. The minimum Gasteiger partial charge on any atom is -0.497 e. The summed E-state index contributed by atoms with van der Waals surface area (Å²) >= 11 is 6.94. The summed E-state index contributed by atoms with van der Waals surface area (Å²) in [6.07, 6.45) is -3.25. The number of halogens is 4. The number of hydrogen-bond acceptors (Lipinski definition) is 5. The zero-order valence-electron chi connectivity index (χ0n) is 18.0. The van der Waals surface area contributed by atoms with E-state index >= 15 is 0 Å². The molecule has 4 rings (SSSR count). The van der Waals surface area contributed by atoms with Crippen LogP contribution in [-0.4, -0.2) is 30.6 Å². The predicted octanol–water partition coefficient (Wildman–Crippen LogP) is 6.30. The first-order valence-electron chi connectivity index (χ1n) is 10.0. The summed E-state index contributed by atoms with van der Waals surface area (Å²) in [5, 5.41) is 9.45. The number of rotatable bonds is 7. The summed E-state index contributed by atoms with van der Waals surface area (Å²) in [7, 11) is -2.65. The second kappa shape index (κ2) is 9.21. The van der Waals surface area contributed by atoms with Gasteiger partial charge >= 0.3 is 12.1 Å². The van der Waals surface area contributed by atoms with E-state index in [1.807, 2.05) is 0 Å². The molecule has 2 aromatic carbocycles. The van der Waals surface area contributed by atoms with Gasteiger partial charge < -0.3 is 9.84 Å². The topological polar surface area (TPSA) is 85.6 Å². The standard InChI is InChI=1S/C23H17ClF3NO5S2/c1-33-15-4-6-19-17(11-15)13(2-8-21(29)30)12-28(19)35(31,32)22-9-7-20(34-22)16-5-3-14(10-18(16)24)23(25,26)27/h3-7,9-12H,2,8H2,1H3,(H,29,30). The van der Waals surface area contributed by atoms with Crippen LogP contribution < -0.4 is 4.74 Å². The lowest BCUT2D eigenvalue weighted by Crippen LogP contribution is -2.10. The van der Waals surface area contributed by atoms with Crippen LogP contribution in [0.1, 0.15) is 17.5 Å². The number of hydrogen-bond donors (Lipinski definition) is 1. The van der Waals surface area contributed by atoms with Crippen LogP contribution in [0.3, 0.4) is 0 Å². The smallest absolute Gasteiger partial charge is 0.416 e. The van der Waals surface area contributed by atoms with Crippen molar-refractivity contribution in [3.63, 3.8) is 0 Å². The van der Waals surface area contributed by atoms with Gasteiger partial charge in [0, 0.05) is 33.5 Å². The average Bonchev–Trinajstić information content (AvgIpc) is 3.42. The number of alkyl halides is 3. The number of fused-ring (bicyclic) bond motifs is 1. The molecule has 0 spiro atoms. The molecule has 2 heterocycles. The number of thiophene rings is 1. The summed E-state index contributed by atoms with van der Waals surface area (Å²) in [6, 6.07) is 10.5. The van der Waals surface area contributed by atoms with Crippen molar-refractivity contribution in [1.82, 2.24) is 3.97 Å². The van der Waals surface area contributed by atoms with Crippen LogP contribution in [-0.2, 0) is 27.4 Å². The van der Waals surface area contributed by atoms with Crippen LogP contribution >= 0.6 is 22.9 Å². The maximum atomic E-state index is 13.5. The molecule has 0 fully saturated rings. The Morgan fingerprint density at radius 2 is 1.89 bits per heavy atom. The summed E-state index contributed by atoms with van der Waals surface area (Å²) in [4.78, 5) is 11.5. The molecule has 12 heteroatoms. The monoisotopic (exact) mass is 543 g/mol. The molecule has 0 saturated carbocycles. The van der Waals surface area contributed by atoms with E-state index in [0.717, 1.165) is 27.4 Å². The highest BCUT2D eigenvalue weighted by Gasteiger charge is 2.31. The van der Waals surface area contributed by atoms with E-state index in [1.165, 1.54) is 31.5 Å². The van der Waals surface area contributed by atoms with E-state index < -0.39 is 27.7 Å². The molecule has 1 N–H and O–H groups in total. The van der Waals surface area contributed by atoms with E-state index in [-0.39, 0.29) is 27.6 Å². The third kappa shape index (κ3) is 4.89. The lowest BCUT2D eigenvalue weighted by molar-refractivity contribution is -0.138. The number of aromatic nitrogens is 1. The normalized spacial score (nSPS) is 12.3. The Balaban J connectivity index is 1.77. The van der Waals surface area contributed by atoms with E-state index in [2.05, 4.69) is 0 Å². The van der Waals surface area contributed by atoms with Gasteiger partial charge in [-0.25, -0.2) is 3.97 Å². The van der Waals surface area contributed by atoms with Crippen LogP contribution in [0.15, 0.2) is 58.9 Å². The summed E-state index contributed by atoms with van der Waals surface area (Å²) in [5.41, 5.74) is 0.232. The summed E-state index contributed by atoms with van der Waals surface area (Å²) in [6.45, 7) is 0. The number of aryl methyl sites for hydroxylation is 1. The van der Waals surface area contributed by atoms with Crippen molar-refractivity contribution < 1.29 is 36.2 Å². The first kappa shape index (κ1) is 25.1. The molecule has 35 heavy (non-hydrogen) atoms. The van der Waals surface area contributed by atoms with E-state index in [0.29, 0.717) is 27.1 Å². The van der Waals surface area contributed by atoms with Gasteiger partial charge in [0.2, 0.25) is 0 Å². The second-order valence-corrected chi connectivity index (χ2v) is 11.1. The first-order valence-corrected chi connectivity index (χ1v) is 12.7. The van der Waals surface area contributed by atoms with Crippen molar-refractivity contribution in [2.75, 3.05) is 7.11 Å². The van der Waals surface area contributed by atoms with Gasteiger partial charge in [0.25, 0.3) is 10.0 Å². The fourth-order valence-corrected chi connectivity index (χ4v) is 6.77. The summed E-state index contributed by atoms with van der Waals surface area (Å²) in [5.74, 6) is -0.535. The van der Waals surface area contributed by atoms with Crippen LogP contribution in [0.25, 0.3) is 21.3 Å². The Bertz CT molecular complexity index is 1540. The number of carbonyl (C=O) groups is 1. The minimum absolute atomic E-state index is 0.0547. The highest BCUT2D eigenvalue weighted by molar-refractivity contribution is 7.92. The van der Waals surface area contributed by atoms with Crippen molar-refractivity contribution >= 4 is 49.8 Å². The first-order chi connectivity index (χ1) is 16.4. The largest absolute Gasteiger partial charge is 0.497 e. The Kier molecular flexibility index (Phi) is 6.60. The van der Waals surface area contributed by atoms with Crippen molar-refractivity contribution in [1.29, 1.82) is 0 Å². The second-order valence-electron chi connectivity index (χ2n) is 7.54. The Labute approximate surface area is 207 Å². The molecule has 0 radical (unpaired) electrons. The number of nitrogens with zero attached hydrogens (tertiary/aromatic N) is 1. The van der Waals surface area contributed by atoms with Gasteiger partial charge in [-0.05, 0) is 54.4 Å². The molecule has 0 atom stereocenters. The molecule has 4 aromatic rings. The SMILES string of the molecule is COc1ccc2c(c1)c(CCC(=O)O)cn2S(=O)(=O)c1ccc(-c2ccc(C(F)(F)F)cc2Cl)s1. The Hall–Kier alpha value is -3.02. The van der Waals surface area contributed by atoms with Crippen molar-refractivity contribution in [2.45, 2.75) is 23.2 Å². The Morgan fingerprint density at radius 3 is 2.51 bits per heavy atom. The lowest BCUT2D eigenvalue weighted by atomic mass is 10.1. The van der Waals surface area contributed by atoms with E-state index in [4.69, 9.17) is 21.4 Å². The number of methoxy groups -OCH3 is 1. The molecule has 184 valence electrons. The average molecular weight is 544 g/mol. The Morgan fingerprint density at radius 1 is 1.14 bits per heavy atom. The number of ether oxygens (including phenoxy) is 1. The fourth-order valence-electron chi connectivity index (χ4n) is 3.60. The maximum Gasteiger partial charge on any atom is 0.416 e. The van der Waals surface area contributed by atoms with Gasteiger partial charge in [0.05, 0.1) is 18.2 Å². The van der Waals surface area contributed by atoms with Crippen LogP contribution in [0.2, 0.25) is 5.02 Å². The molecule has 0 unspecified atom stereocenters. The van der Waals surface area contributed by atoms with Crippen molar-refractivity contribution in [3.8, 4) is 16.2 Å². The van der Waals surface area contributed by atoms with Crippen LogP contribution in [0.4, 0.5) is 13.2 Å².